The molecule has 2 amide bonds. The van der Waals surface area contributed by atoms with Crippen molar-refractivity contribution in [3.8, 4) is 0 Å². The van der Waals surface area contributed by atoms with Gasteiger partial charge < -0.3 is 45.3 Å². The standard InChI is InChI=1S/C27H33N7O.C26H30N6O/c1-3-25(35)29-22-11-13-34(14-12-22)24-6-4-5-20-19-28-27(31-26(20)24)30-21-7-9-23(10-8-21)33-17-15-32(2)16-18-33;1-3-24(33)32-12-11-20(18-32)23-6-4-5-19-17-27-26(29-25(19)23)28-21-7-9-22(10-8-21)31-15-13-30(2)14-16-31/h3-10,19,22H,1,11-18H2,2H3,(H,29,35)(H,28,30,31);3-10,17,20H,1,11-16,18H2,2H3,(H,27,28,29). The van der Waals surface area contributed by atoms with Gasteiger partial charge in [0, 0.05) is 136 Å². The third-order valence-electron chi connectivity index (χ3n) is 13.7. The van der Waals surface area contributed by atoms with Crippen LogP contribution in [0.3, 0.4) is 0 Å². The summed E-state index contributed by atoms with van der Waals surface area (Å²) in [7, 11) is 4.34. The molecule has 2 aromatic heterocycles. The molecule has 3 N–H and O–H groups in total. The number of piperidine rings is 1. The van der Waals surface area contributed by atoms with Crippen molar-refractivity contribution in [2.45, 2.75) is 31.2 Å². The van der Waals surface area contributed by atoms with Crippen LogP contribution in [0.1, 0.15) is 30.7 Å². The van der Waals surface area contributed by atoms with Crippen LogP contribution in [0.15, 0.2) is 123 Å². The van der Waals surface area contributed by atoms with E-state index in [1.54, 1.807) is 0 Å². The van der Waals surface area contributed by atoms with Gasteiger partial charge in [0.2, 0.25) is 23.7 Å². The van der Waals surface area contributed by atoms with E-state index in [-0.39, 0.29) is 23.8 Å². The number of carbonyl (C=O) groups is 2. The van der Waals surface area contributed by atoms with Gasteiger partial charge in [0.1, 0.15) is 0 Å². The van der Waals surface area contributed by atoms with Gasteiger partial charge in [0.05, 0.1) is 16.7 Å². The van der Waals surface area contributed by atoms with E-state index in [1.165, 1.54) is 29.1 Å². The number of piperazine rings is 2. The minimum absolute atomic E-state index is 0.00487. The zero-order valence-corrected chi connectivity index (χ0v) is 39.4. The molecule has 15 nitrogen and oxygen atoms in total. The van der Waals surface area contributed by atoms with E-state index in [0.29, 0.717) is 18.4 Å². The van der Waals surface area contributed by atoms with Gasteiger partial charge in [-0.2, -0.15) is 0 Å². The summed E-state index contributed by atoms with van der Waals surface area (Å²) < 4.78 is 0. The number of benzene rings is 4. The lowest BCUT2D eigenvalue weighted by molar-refractivity contribution is -0.125. The number of anilines is 7. The average molecular weight is 914 g/mol. The molecule has 4 aliphatic rings. The van der Waals surface area contributed by atoms with Gasteiger partial charge in [-0.05, 0) is 106 Å². The van der Waals surface area contributed by atoms with Crippen molar-refractivity contribution < 1.29 is 9.59 Å². The summed E-state index contributed by atoms with van der Waals surface area (Å²) in [5.74, 6) is 1.33. The van der Waals surface area contributed by atoms with Gasteiger partial charge in [-0.3, -0.25) is 9.59 Å². The van der Waals surface area contributed by atoms with Crippen molar-refractivity contribution in [1.29, 1.82) is 0 Å². The molecule has 6 aromatic rings. The van der Waals surface area contributed by atoms with E-state index in [0.717, 1.165) is 130 Å². The van der Waals surface area contributed by atoms with Crippen LogP contribution < -0.4 is 30.7 Å². The second kappa shape index (κ2) is 21.2. The first kappa shape index (κ1) is 46.0. The molecule has 0 radical (unpaired) electrons. The summed E-state index contributed by atoms with van der Waals surface area (Å²) in [6, 6.07) is 29.6. The maximum absolute atomic E-state index is 12.0. The molecule has 1 atom stereocenters. The Hall–Kier alpha value is -7.10. The van der Waals surface area contributed by atoms with Gasteiger partial charge >= 0.3 is 0 Å². The molecule has 0 spiro atoms. The van der Waals surface area contributed by atoms with Crippen molar-refractivity contribution in [3.05, 3.63) is 128 Å². The summed E-state index contributed by atoms with van der Waals surface area (Å²) in [6.45, 7) is 18.9. The van der Waals surface area contributed by atoms with Gasteiger partial charge in [-0.15, -0.1) is 0 Å². The highest BCUT2D eigenvalue weighted by atomic mass is 16.2. The zero-order chi connectivity index (χ0) is 47.0. The molecule has 15 heteroatoms. The van der Waals surface area contributed by atoms with Crippen LogP contribution >= 0.6 is 0 Å². The Morgan fingerprint density at radius 3 is 1.66 bits per heavy atom. The average Bonchev–Trinajstić information content (AvgIpc) is 3.88. The van der Waals surface area contributed by atoms with Gasteiger partial charge in [-0.25, -0.2) is 19.9 Å². The Kier molecular flexibility index (Phi) is 14.4. The summed E-state index contributed by atoms with van der Waals surface area (Å²) >= 11 is 0. The first-order chi connectivity index (χ1) is 33.2. The van der Waals surface area contributed by atoms with Crippen LogP contribution in [0.2, 0.25) is 0 Å². The molecule has 0 aliphatic carbocycles. The largest absolute Gasteiger partial charge is 0.370 e. The second-order valence-electron chi connectivity index (χ2n) is 18.3. The van der Waals surface area contributed by atoms with Crippen LogP contribution in [-0.2, 0) is 9.59 Å². The first-order valence-corrected chi connectivity index (χ1v) is 23.9. The Labute approximate surface area is 399 Å². The molecule has 0 saturated carbocycles. The molecule has 4 saturated heterocycles. The molecule has 68 heavy (non-hydrogen) atoms. The number of amides is 2. The Balaban J connectivity index is 0.000000170. The SMILES string of the molecule is C=CC(=O)N1CCC(c2cccc3cnc(Nc4ccc(N5CCN(C)CC5)cc4)nc23)C1.C=CC(=O)NC1CCN(c2cccc3cnc(Nc4ccc(N5CCN(C)CC5)cc4)nc23)CC1. The van der Waals surface area contributed by atoms with E-state index in [1.807, 2.05) is 35.5 Å². The van der Waals surface area contributed by atoms with E-state index in [9.17, 15) is 9.59 Å². The van der Waals surface area contributed by atoms with Crippen molar-refractivity contribution in [2.75, 3.05) is 118 Å². The lowest BCUT2D eigenvalue weighted by Gasteiger charge is -2.34. The van der Waals surface area contributed by atoms with Crippen LogP contribution in [0.4, 0.5) is 40.3 Å². The second-order valence-corrected chi connectivity index (χ2v) is 18.3. The Bertz CT molecular complexity index is 2710. The summed E-state index contributed by atoms with van der Waals surface area (Å²) in [4.78, 5) is 56.3. The first-order valence-electron chi connectivity index (χ1n) is 23.9. The summed E-state index contributed by atoms with van der Waals surface area (Å²) in [5.41, 5.74) is 8.59. The molecule has 0 bridgehead atoms. The molecule has 4 aromatic carbocycles. The Morgan fingerprint density at radius 2 is 1.12 bits per heavy atom. The van der Waals surface area contributed by atoms with E-state index < -0.39 is 0 Å². The topological polar surface area (TPSA) is 141 Å². The highest BCUT2D eigenvalue weighted by molar-refractivity contribution is 5.92. The van der Waals surface area contributed by atoms with Crippen LogP contribution in [0.5, 0.6) is 0 Å². The number of rotatable bonds is 11. The predicted octanol–water partition coefficient (Wildman–Crippen LogP) is 7.02. The molecule has 352 valence electrons. The van der Waals surface area contributed by atoms with E-state index in [4.69, 9.17) is 9.97 Å². The monoisotopic (exact) mass is 914 g/mol. The quantitative estimate of drug-likeness (QED) is 0.115. The lowest BCUT2D eigenvalue weighted by atomic mass is 9.96. The number of likely N-dealkylation sites (tertiary alicyclic amines) is 1. The molecule has 10 rings (SSSR count). The fraction of sp³-hybridized carbons (Fsp3) is 0.358. The fourth-order valence-electron chi connectivity index (χ4n) is 9.59. The molecule has 4 fully saturated rings. The van der Waals surface area contributed by atoms with Gasteiger partial charge in [-0.1, -0.05) is 43.5 Å². The lowest BCUT2D eigenvalue weighted by Crippen LogP contribution is -2.44. The number of nitrogens with one attached hydrogen (secondary N) is 3. The van der Waals surface area contributed by atoms with Crippen molar-refractivity contribution in [3.63, 3.8) is 0 Å². The van der Waals surface area contributed by atoms with Crippen LogP contribution in [-0.4, -0.2) is 145 Å². The molecular formula is C53H63N13O2. The van der Waals surface area contributed by atoms with Crippen molar-refractivity contribution in [1.82, 2.24) is 40.0 Å². The third-order valence-corrected chi connectivity index (χ3v) is 13.7. The number of aromatic nitrogens is 4. The van der Waals surface area contributed by atoms with Crippen molar-refractivity contribution in [2.24, 2.45) is 0 Å². The van der Waals surface area contributed by atoms with E-state index in [2.05, 4.69) is 144 Å². The van der Waals surface area contributed by atoms with Gasteiger partial charge in [0.15, 0.2) is 0 Å². The zero-order valence-electron chi connectivity index (χ0n) is 39.4. The molecule has 4 aliphatic heterocycles. The fourth-order valence-corrected chi connectivity index (χ4v) is 9.59. The number of hydrogen-bond acceptors (Lipinski definition) is 13. The third kappa shape index (κ3) is 11.0. The molecular weight excluding hydrogens is 851 g/mol. The number of carbonyl (C=O) groups excluding carboxylic acids is 2. The number of para-hydroxylation sites is 2. The van der Waals surface area contributed by atoms with Crippen LogP contribution in [0, 0.1) is 0 Å². The van der Waals surface area contributed by atoms with Crippen LogP contribution in [0.25, 0.3) is 21.8 Å². The number of fused-ring (bicyclic) bond motifs is 2. The number of hydrogen-bond donors (Lipinski definition) is 3. The minimum Gasteiger partial charge on any atom is -0.370 e. The van der Waals surface area contributed by atoms with Gasteiger partial charge in [0.25, 0.3) is 0 Å². The normalized spacial score (nSPS) is 18.2. The highest BCUT2D eigenvalue weighted by Gasteiger charge is 2.28. The predicted molar refractivity (Wildman–Crippen MR) is 276 cm³/mol. The number of nitrogens with zero attached hydrogens (tertiary/aromatic N) is 10. The minimum atomic E-state index is -0.103. The summed E-state index contributed by atoms with van der Waals surface area (Å²) in [5, 5.41) is 11.8. The molecule has 6 heterocycles. The maximum Gasteiger partial charge on any atom is 0.245 e. The number of likely N-dealkylation sites (N-methyl/N-ethyl adjacent to an activating group) is 2. The molecule has 1 unspecified atom stereocenters. The maximum atomic E-state index is 12.0. The highest BCUT2D eigenvalue weighted by Crippen LogP contribution is 2.33. The summed E-state index contributed by atoms with van der Waals surface area (Å²) in [6.07, 6.45) is 9.20. The van der Waals surface area contributed by atoms with Crippen molar-refractivity contribution >= 4 is 74.0 Å². The Morgan fingerprint density at radius 1 is 0.588 bits per heavy atom. The van der Waals surface area contributed by atoms with E-state index >= 15 is 0 Å². The smallest absolute Gasteiger partial charge is 0.245 e.